The van der Waals surface area contributed by atoms with E-state index in [-0.39, 0.29) is 11.9 Å². The molecule has 1 heterocycles. The van der Waals surface area contributed by atoms with Crippen molar-refractivity contribution >= 4 is 27.3 Å². The summed E-state index contributed by atoms with van der Waals surface area (Å²) in [4.78, 5) is 0. The van der Waals surface area contributed by atoms with Crippen LogP contribution in [0.3, 0.4) is 0 Å². The molecule has 0 aliphatic carbocycles. The van der Waals surface area contributed by atoms with Gasteiger partial charge in [-0.2, -0.15) is 0 Å². The Kier molecular flexibility index (Phi) is 5.01. The van der Waals surface area contributed by atoms with Crippen molar-refractivity contribution in [1.82, 2.24) is 15.5 Å². The Morgan fingerprint density at radius 1 is 1.42 bits per heavy atom. The van der Waals surface area contributed by atoms with E-state index in [1.54, 1.807) is 18.2 Å². The lowest BCUT2D eigenvalue weighted by molar-refractivity contribution is 0.564. The number of rotatable bonds is 5. The first-order chi connectivity index (χ1) is 9.13. The van der Waals surface area contributed by atoms with Crippen molar-refractivity contribution in [1.29, 1.82) is 0 Å². The molecule has 102 valence electrons. The molecule has 0 aliphatic rings. The highest BCUT2D eigenvalue weighted by molar-refractivity contribution is 9.10. The van der Waals surface area contributed by atoms with Crippen LogP contribution in [0.1, 0.15) is 31.3 Å². The number of benzene rings is 1. The highest BCUT2D eigenvalue weighted by atomic mass is 79.9. The van der Waals surface area contributed by atoms with Gasteiger partial charge in [-0.25, -0.2) is 4.39 Å². The van der Waals surface area contributed by atoms with Crippen LogP contribution in [0, 0.1) is 5.82 Å². The Morgan fingerprint density at radius 3 is 2.95 bits per heavy atom. The third kappa shape index (κ3) is 3.38. The van der Waals surface area contributed by atoms with E-state index in [1.807, 2.05) is 6.92 Å². The van der Waals surface area contributed by atoms with Gasteiger partial charge in [0.1, 0.15) is 10.8 Å². The van der Waals surface area contributed by atoms with Crippen molar-refractivity contribution in [2.24, 2.45) is 0 Å². The van der Waals surface area contributed by atoms with Gasteiger partial charge in [0.05, 0.1) is 10.5 Å². The topological polar surface area (TPSA) is 37.8 Å². The lowest BCUT2D eigenvalue weighted by Crippen LogP contribution is -2.18. The molecule has 1 N–H and O–H groups in total. The largest absolute Gasteiger partial charge is 0.308 e. The summed E-state index contributed by atoms with van der Waals surface area (Å²) in [5.74, 6) is -0.292. The van der Waals surface area contributed by atoms with Crippen LogP contribution in [-0.4, -0.2) is 16.7 Å². The highest BCUT2D eigenvalue weighted by Gasteiger charge is 2.15. The van der Waals surface area contributed by atoms with Gasteiger partial charge in [0.25, 0.3) is 0 Å². The average molecular weight is 344 g/mol. The number of nitrogens with one attached hydrogen (secondary N) is 1. The summed E-state index contributed by atoms with van der Waals surface area (Å²) in [6.45, 7) is 5.08. The van der Waals surface area contributed by atoms with E-state index in [1.165, 1.54) is 11.3 Å². The molecule has 1 aromatic heterocycles. The molecule has 0 saturated carbocycles. The Labute approximate surface area is 124 Å². The third-order valence-corrected chi connectivity index (χ3v) is 4.45. The summed E-state index contributed by atoms with van der Waals surface area (Å²) in [5.41, 5.74) is 0.487. The molecule has 0 fully saturated rings. The van der Waals surface area contributed by atoms with Crippen molar-refractivity contribution in [2.45, 2.75) is 26.3 Å². The molecule has 1 unspecified atom stereocenters. The lowest BCUT2D eigenvalue weighted by Gasteiger charge is -2.08. The van der Waals surface area contributed by atoms with Gasteiger partial charge >= 0.3 is 0 Å². The molecule has 0 spiro atoms. The molecule has 0 aliphatic heterocycles. The lowest BCUT2D eigenvalue weighted by atomic mass is 10.2. The van der Waals surface area contributed by atoms with Crippen molar-refractivity contribution in [3.05, 3.63) is 33.5 Å². The predicted molar refractivity (Wildman–Crippen MR) is 79.7 cm³/mol. The zero-order valence-electron chi connectivity index (χ0n) is 10.8. The van der Waals surface area contributed by atoms with Crippen molar-refractivity contribution in [3.63, 3.8) is 0 Å². The number of nitrogens with zero attached hydrogens (tertiary/aromatic N) is 2. The molecule has 1 aromatic carbocycles. The van der Waals surface area contributed by atoms with Crippen LogP contribution in [0.4, 0.5) is 4.39 Å². The second kappa shape index (κ2) is 6.54. The first kappa shape index (κ1) is 14.6. The molecular weight excluding hydrogens is 329 g/mol. The maximum Gasteiger partial charge on any atom is 0.150 e. The molecular formula is C13H15BrFN3S. The molecule has 3 nitrogen and oxygen atoms in total. The SMILES string of the molecule is CCCNC(C)c1nnc(-c2cccc(Br)c2F)s1. The molecule has 0 amide bonds. The molecule has 0 radical (unpaired) electrons. The van der Waals surface area contributed by atoms with Crippen LogP contribution in [0.25, 0.3) is 10.6 Å². The molecule has 19 heavy (non-hydrogen) atoms. The first-order valence-electron chi connectivity index (χ1n) is 6.14. The van der Waals surface area contributed by atoms with Gasteiger partial charge in [-0.3, -0.25) is 0 Å². The highest BCUT2D eigenvalue weighted by Crippen LogP contribution is 2.31. The van der Waals surface area contributed by atoms with Gasteiger partial charge < -0.3 is 5.32 Å². The normalized spacial score (nSPS) is 12.6. The van der Waals surface area contributed by atoms with Crippen LogP contribution in [0.15, 0.2) is 22.7 Å². The quantitative estimate of drug-likeness (QED) is 0.885. The number of halogens is 2. The van der Waals surface area contributed by atoms with Crippen LogP contribution in [0.2, 0.25) is 0 Å². The van der Waals surface area contributed by atoms with Gasteiger partial charge in [0.2, 0.25) is 0 Å². The van der Waals surface area contributed by atoms with Crippen molar-refractivity contribution in [3.8, 4) is 10.6 Å². The maximum atomic E-state index is 14.0. The second-order valence-electron chi connectivity index (χ2n) is 4.22. The van der Waals surface area contributed by atoms with Gasteiger partial charge in [0, 0.05) is 5.56 Å². The summed E-state index contributed by atoms with van der Waals surface area (Å²) >= 11 is 4.60. The zero-order valence-corrected chi connectivity index (χ0v) is 13.2. The minimum Gasteiger partial charge on any atom is -0.308 e. The summed E-state index contributed by atoms with van der Waals surface area (Å²) in [7, 11) is 0. The molecule has 6 heteroatoms. The first-order valence-corrected chi connectivity index (χ1v) is 7.75. The molecule has 2 aromatic rings. The Bertz CT molecular complexity index is 559. The number of hydrogen-bond acceptors (Lipinski definition) is 4. The van der Waals surface area contributed by atoms with E-state index in [0.29, 0.717) is 15.0 Å². The standard InChI is InChI=1S/C13H15BrFN3S/c1-3-7-16-8(2)12-17-18-13(19-12)9-5-4-6-10(14)11(9)15/h4-6,8,16H,3,7H2,1-2H3. The zero-order chi connectivity index (χ0) is 13.8. The fraction of sp³-hybridized carbons (Fsp3) is 0.385. The summed E-state index contributed by atoms with van der Waals surface area (Å²) < 4.78 is 14.4. The van der Waals surface area contributed by atoms with Crippen LogP contribution in [-0.2, 0) is 0 Å². The molecule has 0 saturated heterocycles. The Morgan fingerprint density at radius 2 is 2.21 bits per heavy atom. The van der Waals surface area contributed by atoms with Crippen LogP contribution in [0.5, 0.6) is 0 Å². The molecule has 2 rings (SSSR count). The monoisotopic (exact) mass is 343 g/mol. The van der Waals surface area contributed by atoms with E-state index in [4.69, 9.17) is 0 Å². The maximum absolute atomic E-state index is 14.0. The fourth-order valence-corrected chi connectivity index (χ4v) is 2.89. The summed E-state index contributed by atoms with van der Waals surface area (Å²) in [6, 6.07) is 5.32. The number of hydrogen-bond donors (Lipinski definition) is 1. The van der Waals surface area contributed by atoms with Crippen molar-refractivity contribution < 1.29 is 4.39 Å². The van der Waals surface area contributed by atoms with Gasteiger partial charge in [0.15, 0.2) is 5.01 Å². The van der Waals surface area contributed by atoms with E-state index in [0.717, 1.165) is 18.0 Å². The average Bonchev–Trinajstić information content (AvgIpc) is 2.88. The van der Waals surface area contributed by atoms with E-state index in [2.05, 4.69) is 38.4 Å². The van der Waals surface area contributed by atoms with E-state index >= 15 is 0 Å². The third-order valence-electron chi connectivity index (χ3n) is 2.69. The Balaban J connectivity index is 2.23. The summed E-state index contributed by atoms with van der Waals surface area (Å²) in [5, 5.41) is 13.1. The van der Waals surface area contributed by atoms with E-state index < -0.39 is 0 Å². The minimum atomic E-state index is -0.292. The van der Waals surface area contributed by atoms with Gasteiger partial charge in [-0.05, 0) is 48.0 Å². The molecule has 1 atom stereocenters. The van der Waals surface area contributed by atoms with Gasteiger partial charge in [-0.15, -0.1) is 10.2 Å². The fourth-order valence-electron chi connectivity index (χ4n) is 1.64. The second-order valence-corrected chi connectivity index (χ2v) is 6.09. The van der Waals surface area contributed by atoms with Crippen LogP contribution >= 0.6 is 27.3 Å². The van der Waals surface area contributed by atoms with E-state index in [9.17, 15) is 4.39 Å². The van der Waals surface area contributed by atoms with Gasteiger partial charge in [-0.1, -0.05) is 24.3 Å². The number of aromatic nitrogens is 2. The predicted octanol–water partition coefficient (Wildman–Crippen LogP) is 4.17. The summed E-state index contributed by atoms with van der Waals surface area (Å²) in [6.07, 6.45) is 1.07. The molecule has 0 bridgehead atoms. The Hall–Kier alpha value is -0.850. The minimum absolute atomic E-state index is 0.140. The van der Waals surface area contributed by atoms with Crippen LogP contribution < -0.4 is 5.32 Å². The van der Waals surface area contributed by atoms with Crippen molar-refractivity contribution in [2.75, 3.05) is 6.54 Å². The smallest absolute Gasteiger partial charge is 0.150 e.